The van der Waals surface area contributed by atoms with E-state index in [1.54, 1.807) is 12.1 Å². The van der Waals surface area contributed by atoms with Crippen molar-refractivity contribution < 1.29 is 14.7 Å². The maximum atomic E-state index is 11.9. The summed E-state index contributed by atoms with van der Waals surface area (Å²) in [4.78, 5) is 22.9. The minimum Gasteiger partial charge on any atom is -0.481 e. The molecule has 4 nitrogen and oxygen atoms in total. The highest BCUT2D eigenvalue weighted by Crippen LogP contribution is 2.11. The van der Waals surface area contributed by atoms with Crippen molar-refractivity contribution in [1.29, 1.82) is 0 Å². The normalized spacial score (nSPS) is 12.2. The number of rotatable bonds is 5. The van der Waals surface area contributed by atoms with Crippen LogP contribution in [-0.2, 0) is 4.79 Å². The van der Waals surface area contributed by atoms with Crippen molar-refractivity contribution in [2.24, 2.45) is 11.8 Å². The summed E-state index contributed by atoms with van der Waals surface area (Å²) in [5.74, 6) is -1.67. The molecule has 2 N–H and O–H groups in total. The molecule has 98 valence electrons. The van der Waals surface area contributed by atoms with E-state index < -0.39 is 11.9 Å². The Morgan fingerprint density at radius 2 is 1.89 bits per heavy atom. The Kier molecular flexibility index (Phi) is 4.89. The number of hydrogen-bond donors (Lipinski definition) is 2. The van der Waals surface area contributed by atoms with E-state index >= 15 is 0 Å². The molecule has 0 aromatic heterocycles. The Hall–Kier alpha value is -1.84. The van der Waals surface area contributed by atoms with Crippen molar-refractivity contribution in [2.45, 2.75) is 20.8 Å². The van der Waals surface area contributed by atoms with E-state index in [1.165, 1.54) is 0 Å². The molecule has 1 aromatic carbocycles. The molecule has 1 unspecified atom stereocenters. The highest BCUT2D eigenvalue weighted by molar-refractivity contribution is 5.95. The van der Waals surface area contributed by atoms with Gasteiger partial charge in [0.25, 0.3) is 5.91 Å². The van der Waals surface area contributed by atoms with Gasteiger partial charge in [0.1, 0.15) is 0 Å². The first-order valence-electron chi connectivity index (χ1n) is 6.00. The van der Waals surface area contributed by atoms with Gasteiger partial charge in [-0.25, -0.2) is 0 Å². The summed E-state index contributed by atoms with van der Waals surface area (Å²) in [7, 11) is 0. The molecular weight excluding hydrogens is 230 g/mol. The third kappa shape index (κ3) is 3.58. The molecule has 0 aliphatic heterocycles. The van der Waals surface area contributed by atoms with Crippen molar-refractivity contribution in [2.75, 3.05) is 6.54 Å². The summed E-state index contributed by atoms with van der Waals surface area (Å²) >= 11 is 0. The molecule has 1 atom stereocenters. The summed E-state index contributed by atoms with van der Waals surface area (Å²) in [6.45, 7) is 5.67. The molecule has 0 radical (unpaired) electrons. The zero-order valence-electron chi connectivity index (χ0n) is 10.9. The van der Waals surface area contributed by atoms with E-state index in [0.29, 0.717) is 5.56 Å². The molecule has 0 fully saturated rings. The van der Waals surface area contributed by atoms with Crippen LogP contribution in [0.4, 0.5) is 0 Å². The number of benzene rings is 1. The molecule has 4 heteroatoms. The summed E-state index contributed by atoms with van der Waals surface area (Å²) in [5.41, 5.74) is 1.47. The molecule has 1 amide bonds. The standard InChI is InChI=1S/C14H19NO3/c1-9(2)12(14(17)18)8-15-13(16)11-7-5-4-6-10(11)3/h4-7,9,12H,8H2,1-3H3,(H,15,16)(H,17,18). The first-order chi connectivity index (χ1) is 8.43. The van der Waals surface area contributed by atoms with Crippen LogP contribution in [0.1, 0.15) is 29.8 Å². The molecule has 1 rings (SSSR count). The monoisotopic (exact) mass is 249 g/mol. The van der Waals surface area contributed by atoms with E-state index in [2.05, 4.69) is 5.32 Å². The minimum atomic E-state index is -0.880. The molecule has 0 heterocycles. The van der Waals surface area contributed by atoms with Crippen LogP contribution < -0.4 is 5.32 Å². The number of nitrogens with one attached hydrogen (secondary N) is 1. The second-order valence-corrected chi connectivity index (χ2v) is 4.71. The van der Waals surface area contributed by atoms with Gasteiger partial charge in [-0.1, -0.05) is 32.0 Å². The Morgan fingerprint density at radius 3 is 2.39 bits per heavy atom. The number of carboxylic acid groups (broad SMARTS) is 1. The highest BCUT2D eigenvalue weighted by Gasteiger charge is 2.22. The SMILES string of the molecule is Cc1ccccc1C(=O)NCC(C(=O)O)C(C)C. The van der Waals surface area contributed by atoms with E-state index in [1.807, 2.05) is 32.9 Å². The van der Waals surface area contributed by atoms with Gasteiger partial charge in [0.2, 0.25) is 0 Å². The lowest BCUT2D eigenvalue weighted by molar-refractivity contribution is -0.142. The van der Waals surface area contributed by atoms with Crippen LogP contribution in [0, 0.1) is 18.8 Å². The predicted molar refractivity (Wildman–Crippen MR) is 69.5 cm³/mol. The summed E-state index contributed by atoms with van der Waals surface area (Å²) in [5, 5.41) is 11.7. The van der Waals surface area contributed by atoms with Crippen LogP contribution in [0.3, 0.4) is 0 Å². The van der Waals surface area contributed by atoms with Gasteiger partial charge in [-0.3, -0.25) is 9.59 Å². The van der Waals surface area contributed by atoms with Crippen LogP contribution in [0.2, 0.25) is 0 Å². The fourth-order valence-electron chi connectivity index (χ4n) is 1.73. The van der Waals surface area contributed by atoms with E-state index in [4.69, 9.17) is 5.11 Å². The third-order valence-corrected chi connectivity index (χ3v) is 2.99. The molecule has 0 aliphatic rings. The molecule has 0 spiro atoms. The summed E-state index contributed by atoms with van der Waals surface area (Å²) in [6.07, 6.45) is 0. The van der Waals surface area contributed by atoms with Crippen LogP contribution >= 0.6 is 0 Å². The topological polar surface area (TPSA) is 66.4 Å². The third-order valence-electron chi connectivity index (χ3n) is 2.99. The molecule has 0 bridgehead atoms. The van der Waals surface area contributed by atoms with Gasteiger partial charge >= 0.3 is 5.97 Å². The van der Waals surface area contributed by atoms with Gasteiger partial charge < -0.3 is 10.4 Å². The first-order valence-corrected chi connectivity index (χ1v) is 6.00. The lowest BCUT2D eigenvalue weighted by Gasteiger charge is -2.17. The molecular formula is C14H19NO3. The zero-order valence-corrected chi connectivity index (χ0v) is 10.9. The Labute approximate surface area is 107 Å². The Bertz CT molecular complexity index is 440. The lowest BCUT2D eigenvalue weighted by atomic mass is 9.96. The maximum absolute atomic E-state index is 11.9. The Balaban J connectivity index is 2.66. The van der Waals surface area contributed by atoms with E-state index in [0.717, 1.165) is 5.56 Å². The first kappa shape index (κ1) is 14.2. The van der Waals surface area contributed by atoms with Crippen molar-refractivity contribution in [3.05, 3.63) is 35.4 Å². The minimum absolute atomic E-state index is 0.0142. The smallest absolute Gasteiger partial charge is 0.308 e. The van der Waals surface area contributed by atoms with Gasteiger partial charge in [-0.15, -0.1) is 0 Å². The molecule has 1 aromatic rings. The van der Waals surface area contributed by atoms with Crippen molar-refractivity contribution in [1.82, 2.24) is 5.32 Å². The highest BCUT2D eigenvalue weighted by atomic mass is 16.4. The Morgan fingerprint density at radius 1 is 1.28 bits per heavy atom. The van der Waals surface area contributed by atoms with Crippen LogP contribution in [0.25, 0.3) is 0 Å². The number of carbonyl (C=O) groups is 2. The van der Waals surface area contributed by atoms with Gasteiger partial charge in [-0.2, -0.15) is 0 Å². The van der Waals surface area contributed by atoms with Crippen LogP contribution in [0.15, 0.2) is 24.3 Å². The van der Waals surface area contributed by atoms with Gasteiger partial charge in [0, 0.05) is 12.1 Å². The average molecular weight is 249 g/mol. The van der Waals surface area contributed by atoms with E-state index in [-0.39, 0.29) is 18.4 Å². The van der Waals surface area contributed by atoms with Crippen LogP contribution in [0.5, 0.6) is 0 Å². The maximum Gasteiger partial charge on any atom is 0.308 e. The number of carbonyl (C=O) groups excluding carboxylic acids is 1. The lowest BCUT2D eigenvalue weighted by Crippen LogP contribution is -2.35. The second-order valence-electron chi connectivity index (χ2n) is 4.71. The molecule has 0 saturated heterocycles. The second kappa shape index (κ2) is 6.19. The quantitative estimate of drug-likeness (QED) is 0.839. The van der Waals surface area contributed by atoms with E-state index in [9.17, 15) is 9.59 Å². The largest absolute Gasteiger partial charge is 0.481 e. The molecule has 0 saturated carbocycles. The van der Waals surface area contributed by atoms with Gasteiger partial charge in [-0.05, 0) is 24.5 Å². The number of amides is 1. The number of aryl methyl sites for hydroxylation is 1. The summed E-state index contributed by atoms with van der Waals surface area (Å²) < 4.78 is 0. The fourth-order valence-corrected chi connectivity index (χ4v) is 1.73. The number of aliphatic carboxylic acids is 1. The van der Waals surface area contributed by atoms with Crippen molar-refractivity contribution in [3.8, 4) is 0 Å². The predicted octanol–water partition coefficient (Wildman–Crippen LogP) is 2.08. The van der Waals surface area contributed by atoms with Gasteiger partial charge in [0.05, 0.1) is 5.92 Å². The van der Waals surface area contributed by atoms with Crippen molar-refractivity contribution in [3.63, 3.8) is 0 Å². The number of carboxylic acids is 1. The van der Waals surface area contributed by atoms with Gasteiger partial charge in [0.15, 0.2) is 0 Å². The number of hydrogen-bond acceptors (Lipinski definition) is 2. The zero-order chi connectivity index (χ0) is 13.7. The molecule has 0 aliphatic carbocycles. The fraction of sp³-hybridized carbons (Fsp3) is 0.429. The van der Waals surface area contributed by atoms with Crippen LogP contribution in [-0.4, -0.2) is 23.5 Å². The summed E-state index contributed by atoms with van der Waals surface area (Å²) in [6, 6.07) is 7.24. The molecule has 18 heavy (non-hydrogen) atoms. The average Bonchev–Trinajstić information content (AvgIpc) is 2.28. The van der Waals surface area contributed by atoms with Crippen molar-refractivity contribution >= 4 is 11.9 Å².